The summed E-state index contributed by atoms with van der Waals surface area (Å²) in [4.78, 5) is 4.70. The molecule has 0 aliphatic rings. The molecule has 0 bridgehead atoms. The minimum absolute atomic E-state index is 0.0540. The molecule has 0 unspecified atom stereocenters. The van der Waals surface area contributed by atoms with Gasteiger partial charge in [0.1, 0.15) is 11.5 Å². The number of rotatable bonds is 10. The van der Waals surface area contributed by atoms with Gasteiger partial charge in [-0.05, 0) is 93.7 Å². The number of benzene rings is 8. The molecule has 0 N–H and O–H groups in total. The highest BCUT2D eigenvalue weighted by molar-refractivity contribution is 9.10. The van der Waals surface area contributed by atoms with E-state index < -0.39 is 0 Å². The van der Waals surface area contributed by atoms with Gasteiger partial charge in [0.05, 0.1) is 22.7 Å². The first-order chi connectivity index (χ1) is 28.9. The van der Waals surface area contributed by atoms with E-state index in [2.05, 4.69) is 243 Å². The maximum absolute atomic E-state index is 6.82. The zero-order valence-corrected chi connectivity index (χ0v) is 36.8. The quantitative estimate of drug-likeness (QED) is 0.136. The van der Waals surface area contributed by atoms with Crippen LogP contribution in [0.1, 0.15) is 52.7 Å². The van der Waals surface area contributed by atoms with Gasteiger partial charge in [-0.15, -0.1) is 0 Å². The first-order valence-corrected chi connectivity index (χ1v) is 21.4. The van der Waals surface area contributed by atoms with Gasteiger partial charge < -0.3 is 14.5 Å². The predicted octanol–water partition coefficient (Wildman–Crippen LogP) is 17.1. The Labute approximate surface area is 364 Å². The van der Waals surface area contributed by atoms with E-state index in [1.807, 2.05) is 24.3 Å². The van der Waals surface area contributed by atoms with E-state index >= 15 is 0 Å². The van der Waals surface area contributed by atoms with Crippen LogP contribution in [0.3, 0.4) is 0 Å². The number of anilines is 6. The lowest BCUT2D eigenvalue weighted by Gasteiger charge is -2.32. The molecular formula is C56H51BrN2O. The Morgan fingerprint density at radius 2 is 0.783 bits per heavy atom. The maximum Gasteiger partial charge on any atom is 0.131 e. The van der Waals surface area contributed by atoms with Crippen LogP contribution in [0, 0.1) is 0 Å². The molecule has 8 aromatic rings. The fourth-order valence-electron chi connectivity index (χ4n) is 7.69. The standard InChI is InChI=1S/C56H51BrN2O/c1-55(2,3)42-32-28-40(29-33-42)51-24-13-15-26-53(51)58(45-19-9-7-10-20-45)47-37-48(39-50(38-47)60-49-23-17-18-44(57)36-49)59(46-21-11-8-12-22-46)54-27-16-14-25-52(54)41-30-34-43(35-31-41)56(4,5)6/h7-39H,1-6H3. The van der Waals surface area contributed by atoms with Crippen LogP contribution in [0.4, 0.5) is 34.1 Å². The van der Waals surface area contributed by atoms with Crippen molar-refractivity contribution >= 4 is 50.1 Å². The molecule has 0 aliphatic heterocycles. The monoisotopic (exact) mass is 846 g/mol. The summed E-state index contributed by atoms with van der Waals surface area (Å²) in [5.74, 6) is 1.45. The van der Waals surface area contributed by atoms with Gasteiger partial charge in [-0.3, -0.25) is 0 Å². The van der Waals surface area contributed by atoms with Crippen molar-refractivity contribution in [3.8, 4) is 33.8 Å². The zero-order valence-electron chi connectivity index (χ0n) is 35.2. The second-order valence-corrected chi connectivity index (χ2v) is 18.2. The third-order valence-corrected chi connectivity index (χ3v) is 11.4. The van der Waals surface area contributed by atoms with Crippen LogP contribution >= 0.6 is 15.9 Å². The first-order valence-electron chi connectivity index (χ1n) is 20.6. The molecule has 0 atom stereocenters. The molecule has 0 saturated heterocycles. The third kappa shape index (κ3) is 8.95. The van der Waals surface area contributed by atoms with Crippen molar-refractivity contribution in [2.45, 2.75) is 52.4 Å². The number of ether oxygens (including phenoxy) is 1. The third-order valence-electron chi connectivity index (χ3n) is 10.9. The normalized spacial score (nSPS) is 11.6. The van der Waals surface area contributed by atoms with Crippen molar-refractivity contribution < 1.29 is 4.74 Å². The molecule has 0 aliphatic carbocycles. The van der Waals surface area contributed by atoms with Crippen LogP contribution in [0.15, 0.2) is 205 Å². The lowest BCUT2D eigenvalue weighted by atomic mass is 9.86. The molecule has 0 spiro atoms. The maximum atomic E-state index is 6.82. The van der Waals surface area contributed by atoms with Crippen LogP contribution in [0.2, 0.25) is 0 Å². The lowest BCUT2D eigenvalue weighted by Crippen LogP contribution is -2.15. The van der Waals surface area contributed by atoms with Gasteiger partial charge in [-0.2, -0.15) is 0 Å². The Hall–Kier alpha value is -6.36. The molecule has 0 radical (unpaired) electrons. The van der Waals surface area contributed by atoms with Crippen LogP contribution in [-0.4, -0.2) is 0 Å². The Bertz CT molecular complexity index is 2530. The van der Waals surface area contributed by atoms with E-state index in [-0.39, 0.29) is 10.8 Å². The molecule has 0 aromatic heterocycles. The lowest BCUT2D eigenvalue weighted by molar-refractivity contribution is 0.482. The fraction of sp³-hybridized carbons (Fsp3) is 0.143. The topological polar surface area (TPSA) is 15.7 Å². The van der Waals surface area contributed by atoms with E-state index in [0.29, 0.717) is 5.75 Å². The van der Waals surface area contributed by atoms with E-state index in [1.165, 1.54) is 11.1 Å². The van der Waals surface area contributed by atoms with Crippen molar-refractivity contribution in [1.29, 1.82) is 0 Å². The van der Waals surface area contributed by atoms with Crippen molar-refractivity contribution in [2.75, 3.05) is 9.80 Å². The molecular weight excluding hydrogens is 797 g/mol. The second-order valence-electron chi connectivity index (χ2n) is 17.3. The predicted molar refractivity (Wildman–Crippen MR) is 258 cm³/mol. The number of nitrogens with zero attached hydrogens (tertiary/aromatic N) is 2. The summed E-state index contributed by atoms with van der Waals surface area (Å²) >= 11 is 3.67. The van der Waals surface area contributed by atoms with Crippen LogP contribution in [0.25, 0.3) is 22.3 Å². The molecule has 0 saturated carbocycles. The number of para-hydroxylation sites is 4. The number of hydrogen-bond donors (Lipinski definition) is 0. The molecule has 0 heterocycles. The Balaban J connectivity index is 1.36. The van der Waals surface area contributed by atoms with Gasteiger partial charge in [0, 0.05) is 39.1 Å². The first kappa shape index (κ1) is 40.4. The highest BCUT2D eigenvalue weighted by atomic mass is 79.9. The molecule has 298 valence electrons. The molecule has 8 rings (SSSR count). The van der Waals surface area contributed by atoms with Crippen molar-refractivity contribution in [2.24, 2.45) is 0 Å². The minimum Gasteiger partial charge on any atom is -0.457 e. The highest BCUT2D eigenvalue weighted by Gasteiger charge is 2.24. The summed E-state index contributed by atoms with van der Waals surface area (Å²) in [6.07, 6.45) is 0. The summed E-state index contributed by atoms with van der Waals surface area (Å²) in [5.41, 5.74) is 13.4. The van der Waals surface area contributed by atoms with Gasteiger partial charge in [0.15, 0.2) is 0 Å². The SMILES string of the molecule is CC(C)(C)c1ccc(-c2ccccc2N(c2ccccc2)c2cc(Oc3cccc(Br)c3)cc(N(c3ccccc3)c3ccccc3-c3ccc(C(C)(C)C)cc3)c2)cc1. The van der Waals surface area contributed by atoms with Gasteiger partial charge in [0.25, 0.3) is 0 Å². The summed E-state index contributed by atoms with van der Waals surface area (Å²) < 4.78 is 7.77. The van der Waals surface area contributed by atoms with E-state index in [0.717, 1.165) is 66.6 Å². The van der Waals surface area contributed by atoms with E-state index in [1.54, 1.807) is 0 Å². The minimum atomic E-state index is 0.0540. The zero-order chi connectivity index (χ0) is 41.9. The van der Waals surface area contributed by atoms with Gasteiger partial charge in [-0.1, -0.05) is 185 Å². The fourth-order valence-corrected chi connectivity index (χ4v) is 8.06. The summed E-state index contributed by atoms with van der Waals surface area (Å²) in [7, 11) is 0. The summed E-state index contributed by atoms with van der Waals surface area (Å²) in [6, 6.07) is 71.2. The van der Waals surface area contributed by atoms with Gasteiger partial charge >= 0.3 is 0 Å². The molecule has 3 nitrogen and oxygen atoms in total. The van der Waals surface area contributed by atoms with Crippen LogP contribution in [0.5, 0.6) is 11.5 Å². The summed E-state index contributed by atoms with van der Waals surface area (Å²) in [6.45, 7) is 13.5. The Morgan fingerprint density at radius 3 is 1.20 bits per heavy atom. The second kappa shape index (κ2) is 17.1. The molecule has 0 fully saturated rings. The van der Waals surface area contributed by atoms with Gasteiger partial charge in [-0.25, -0.2) is 0 Å². The molecule has 8 aromatic carbocycles. The van der Waals surface area contributed by atoms with Gasteiger partial charge in [0.2, 0.25) is 0 Å². The largest absolute Gasteiger partial charge is 0.457 e. The smallest absolute Gasteiger partial charge is 0.131 e. The van der Waals surface area contributed by atoms with Crippen LogP contribution < -0.4 is 14.5 Å². The molecule has 0 amide bonds. The van der Waals surface area contributed by atoms with Crippen molar-refractivity contribution in [3.63, 3.8) is 0 Å². The average Bonchev–Trinajstić information content (AvgIpc) is 3.25. The van der Waals surface area contributed by atoms with Crippen molar-refractivity contribution in [3.05, 3.63) is 216 Å². The van der Waals surface area contributed by atoms with E-state index in [4.69, 9.17) is 4.74 Å². The number of halogens is 1. The molecule has 60 heavy (non-hydrogen) atoms. The van der Waals surface area contributed by atoms with Crippen LogP contribution in [-0.2, 0) is 10.8 Å². The average molecular weight is 848 g/mol. The Kier molecular flexibility index (Phi) is 11.5. The highest BCUT2D eigenvalue weighted by Crippen LogP contribution is 2.47. The van der Waals surface area contributed by atoms with E-state index in [9.17, 15) is 0 Å². The Morgan fingerprint density at radius 1 is 0.367 bits per heavy atom. The summed E-state index contributed by atoms with van der Waals surface area (Å²) in [5, 5.41) is 0. The van der Waals surface area contributed by atoms with Crippen molar-refractivity contribution in [1.82, 2.24) is 0 Å². The number of hydrogen-bond acceptors (Lipinski definition) is 3. The molecule has 4 heteroatoms.